The van der Waals surface area contributed by atoms with Gasteiger partial charge in [0.25, 0.3) is 0 Å². The summed E-state index contributed by atoms with van der Waals surface area (Å²) >= 11 is 0. The maximum Gasteiger partial charge on any atom is 0.180 e. The Kier molecular flexibility index (Phi) is 5.06. The third kappa shape index (κ3) is 3.98. The number of fused-ring (bicyclic) bond motifs is 1. The summed E-state index contributed by atoms with van der Waals surface area (Å²) in [5.41, 5.74) is 3.95. The van der Waals surface area contributed by atoms with Crippen LogP contribution in [-0.2, 0) is 6.42 Å². The van der Waals surface area contributed by atoms with Crippen molar-refractivity contribution in [3.63, 3.8) is 0 Å². The molecule has 0 saturated heterocycles. The molecule has 0 aliphatic heterocycles. The highest BCUT2D eigenvalue weighted by molar-refractivity contribution is 5.83. The van der Waals surface area contributed by atoms with Crippen LogP contribution in [-0.4, -0.2) is 31.5 Å². The number of anilines is 1. The maximum absolute atomic E-state index is 13.9. The van der Waals surface area contributed by atoms with E-state index in [1.165, 1.54) is 6.07 Å². The number of benzene rings is 1. The first-order valence-electron chi connectivity index (χ1n) is 9.97. The van der Waals surface area contributed by atoms with Crippen molar-refractivity contribution in [1.82, 2.24) is 24.9 Å². The molecular weight excluding hydrogens is 391 g/mol. The second kappa shape index (κ2) is 8.31. The van der Waals surface area contributed by atoms with Crippen molar-refractivity contribution >= 4 is 16.7 Å². The Hall–Kier alpha value is -4.13. The van der Waals surface area contributed by atoms with Crippen LogP contribution in [0.25, 0.3) is 33.7 Å². The molecule has 0 fully saturated rings. The minimum absolute atomic E-state index is 0.242. The highest BCUT2D eigenvalue weighted by Gasteiger charge is 2.11. The zero-order valence-corrected chi connectivity index (χ0v) is 16.6. The molecule has 7 heteroatoms. The summed E-state index contributed by atoms with van der Waals surface area (Å²) in [6.45, 7) is 0.634. The van der Waals surface area contributed by atoms with Crippen LogP contribution in [0.2, 0.25) is 0 Å². The third-order valence-corrected chi connectivity index (χ3v) is 5.03. The van der Waals surface area contributed by atoms with Gasteiger partial charge in [-0.25, -0.2) is 14.4 Å². The van der Waals surface area contributed by atoms with Gasteiger partial charge < -0.3 is 10.3 Å². The Morgan fingerprint density at radius 2 is 1.90 bits per heavy atom. The Morgan fingerprint density at radius 3 is 2.74 bits per heavy atom. The van der Waals surface area contributed by atoms with E-state index in [9.17, 15) is 4.39 Å². The van der Waals surface area contributed by atoms with Crippen LogP contribution in [0, 0.1) is 5.82 Å². The van der Waals surface area contributed by atoms with Gasteiger partial charge in [-0.1, -0.05) is 18.2 Å². The van der Waals surface area contributed by atoms with Crippen molar-refractivity contribution in [3.8, 4) is 22.8 Å². The first-order chi connectivity index (χ1) is 15.3. The van der Waals surface area contributed by atoms with Gasteiger partial charge in [0.05, 0.1) is 11.2 Å². The number of aromatic nitrogens is 5. The molecule has 0 amide bonds. The average molecular weight is 410 g/mol. The highest BCUT2D eigenvalue weighted by Crippen LogP contribution is 2.24. The lowest BCUT2D eigenvalue weighted by Gasteiger charge is -2.10. The van der Waals surface area contributed by atoms with Crippen LogP contribution >= 0.6 is 0 Å². The van der Waals surface area contributed by atoms with E-state index < -0.39 is 0 Å². The molecule has 0 saturated carbocycles. The number of halogens is 1. The standard InChI is InChI=1S/C24H19FN6/c25-19-7-3-6-18-16(15-29-23(18)19)9-12-28-22-13-21(17-5-4-10-26-14-17)30-24(31-22)20-8-1-2-11-27-20/h1-8,10-11,13-15,29H,9,12H2,(H,28,30,31). The monoisotopic (exact) mass is 410 g/mol. The van der Waals surface area contributed by atoms with Crippen molar-refractivity contribution < 1.29 is 4.39 Å². The molecule has 152 valence electrons. The van der Waals surface area contributed by atoms with E-state index >= 15 is 0 Å². The normalized spacial score (nSPS) is 11.0. The Bertz CT molecular complexity index is 1260. The smallest absolute Gasteiger partial charge is 0.180 e. The zero-order valence-electron chi connectivity index (χ0n) is 16.6. The lowest BCUT2D eigenvalue weighted by atomic mass is 10.1. The van der Waals surface area contributed by atoms with E-state index in [-0.39, 0.29) is 5.82 Å². The SMILES string of the molecule is Fc1cccc2c(CCNc3cc(-c4cccnc4)nc(-c4ccccn4)n3)c[nH]c12. The summed E-state index contributed by atoms with van der Waals surface area (Å²) in [7, 11) is 0. The van der Waals surface area contributed by atoms with Gasteiger partial charge >= 0.3 is 0 Å². The van der Waals surface area contributed by atoms with Crippen molar-refractivity contribution in [2.24, 2.45) is 0 Å². The summed E-state index contributed by atoms with van der Waals surface area (Å²) in [6, 6.07) is 16.5. The van der Waals surface area contributed by atoms with Crippen LogP contribution in [0.5, 0.6) is 0 Å². The lowest BCUT2D eigenvalue weighted by molar-refractivity contribution is 0.637. The number of nitrogens with zero attached hydrogens (tertiary/aromatic N) is 4. The number of pyridine rings is 2. The van der Waals surface area contributed by atoms with E-state index in [1.807, 2.05) is 48.7 Å². The van der Waals surface area contributed by atoms with Gasteiger partial charge in [0.15, 0.2) is 5.82 Å². The van der Waals surface area contributed by atoms with Crippen LogP contribution in [0.3, 0.4) is 0 Å². The highest BCUT2D eigenvalue weighted by atomic mass is 19.1. The van der Waals surface area contributed by atoms with E-state index in [2.05, 4.69) is 30.2 Å². The summed E-state index contributed by atoms with van der Waals surface area (Å²) < 4.78 is 13.9. The van der Waals surface area contributed by atoms with E-state index in [4.69, 9.17) is 0 Å². The Labute approximate surface area is 178 Å². The molecule has 4 aromatic heterocycles. The predicted octanol–water partition coefficient (Wildman–Crippen LogP) is 4.88. The summed E-state index contributed by atoms with van der Waals surface area (Å²) in [5, 5.41) is 4.27. The Balaban J connectivity index is 1.42. The first-order valence-corrected chi connectivity index (χ1v) is 9.97. The molecule has 0 unspecified atom stereocenters. The van der Waals surface area contributed by atoms with Crippen LogP contribution in [0.4, 0.5) is 10.2 Å². The van der Waals surface area contributed by atoms with Gasteiger partial charge in [-0.05, 0) is 42.3 Å². The summed E-state index contributed by atoms with van der Waals surface area (Å²) in [4.78, 5) is 20.9. The van der Waals surface area contributed by atoms with Crippen LogP contribution in [0.1, 0.15) is 5.56 Å². The average Bonchev–Trinajstić information content (AvgIpc) is 3.24. The lowest BCUT2D eigenvalue weighted by Crippen LogP contribution is -2.08. The molecule has 1 aromatic carbocycles. The molecule has 0 atom stereocenters. The topological polar surface area (TPSA) is 79.4 Å². The molecular formula is C24H19FN6. The van der Waals surface area contributed by atoms with Gasteiger partial charge in [-0.3, -0.25) is 9.97 Å². The largest absolute Gasteiger partial charge is 0.370 e. The summed E-state index contributed by atoms with van der Waals surface area (Å²) in [5.74, 6) is 0.993. The number of hydrogen-bond donors (Lipinski definition) is 2. The minimum atomic E-state index is -0.242. The van der Waals surface area contributed by atoms with Gasteiger partial charge in [-0.2, -0.15) is 0 Å². The fourth-order valence-corrected chi connectivity index (χ4v) is 3.52. The molecule has 0 aliphatic carbocycles. The molecule has 31 heavy (non-hydrogen) atoms. The van der Waals surface area contributed by atoms with Crippen molar-refractivity contribution in [3.05, 3.63) is 90.8 Å². The second-order valence-electron chi connectivity index (χ2n) is 7.07. The fourth-order valence-electron chi connectivity index (χ4n) is 3.52. The second-order valence-corrected chi connectivity index (χ2v) is 7.07. The number of para-hydroxylation sites is 1. The van der Waals surface area contributed by atoms with Crippen molar-refractivity contribution in [2.45, 2.75) is 6.42 Å². The molecule has 0 bridgehead atoms. The molecule has 2 N–H and O–H groups in total. The molecule has 5 aromatic rings. The Morgan fingerprint density at radius 1 is 0.935 bits per heavy atom. The van der Waals surface area contributed by atoms with Crippen LogP contribution < -0.4 is 5.32 Å². The minimum Gasteiger partial charge on any atom is -0.370 e. The molecule has 4 heterocycles. The van der Waals surface area contributed by atoms with Gasteiger partial charge in [0.1, 0.15) is 17.3 Å². The molecule has 6 nitrogen and oxygen atoms in total. The third-order valence-electron chi connectivity index (χ3n) is 5.03. The molecule has 0 radical (unpaired) electrons. The van der Waals surface area contributed by atoms with E-state index in [1.54, 1.807) is 24.7 Å². The molecule has 0 spiro atoms. The quantitative estimate of drug-likeness (QED) is 0.417. The zero-order chi connectivity index (χ0) is 21.0. The summed E-state index contributed by atoms with van der Waals surface area (Å²) in [6.07, 6.45) is 7.80. The van der Waals surface area contributed by atoms with Gasteiger partial charge in [0, 0.05) is 48.3 Å². The number of rotatable bonds is 6. The van der Waals surface area contributed by atoms with Crippen LogP contribution in [0.15, 0.2) is 79.4 Å². The molecule has 0 aliphatic rings. The van der Waals surface area contributed by atoms with Gasteiger partial charge in [-0.15, -0.1) is 0 Å². The maximum atomic E-state index is 13.9. The number of aromatic amines is 1. The predicted molar refractivity (Wildman–Crippen MR) is 119 cm³/mol. The number of nitrogens with one attached hydrogen (secondary N) is 2. The fraction of sp³-hybridized carbons (Fsp3) is 0.0833. The van der Waals surface area contributed by atoms with E-state index in [0.717, 1.165) is 22.2 Å². The first kappa shape index (κ1) is 18.9. The van der Waals surface area contributed by atoms with Crippen molar-refractivity contribution in [1.29, 1.82) is 0 Å². The number of hydrogen-bond acceptors (Lipinski definition) is 5. The van der Waals surface area contributed by atoms with Gasteiger partial charge in [0.2, 0.25) is 0 Å². The van der Waals surface area contributed by atoms with E-state index in [0.29, 0.717) is 35.8 Å². The number of H-pyrrole nitrogens is 1. The van der Waals surface area contributed by atoms with Crippen molar-refractivity contribution in [2.75, 3.05) is 11.9 Å². The molecule has 5 rings (SSSR count).